The lowest BCUT2D eigenvalue weighted by molar-refractivity contribution is -0.137. The molecular formula is C28H36F3N5O3. The molecule has 4 rings (SSSR count). The first-order valence-corrected chi connectivity index (χ1v) is 13.1. The Morgan fingerprint density at radius 2 is 1.74 bits per heavy atom. The maximum atomic E-state index is 12.8. The highest BCUT2D eigenvalue weighted by Gasteiger charge is 2.34. The third-order valence-electron chi connectivity index (χ3n) is 6.43. The Balaban J connectivity index is 0.000000216. The van der Waals surface area contributed by atoms with Gasteiger partial charge in [0.05, 0.1) is 35.3 Å². The van der Waals surface area contributed by atoms with E-state index < -0.39 is 17.3 Å². The van der Waals surface area contributed by atoms with E-state index in [9.17, 15) is 23.1 Å². The summed E-state index contributed by atoms with van der Waals surface area (Å²) in [5.41, 5.74) is -0.354. The van der Waals surface area contributed by atoms with Gasteiger partial charge in [-0.3, -0.25) is 4.98 Å². The fourth-order valence-electron chi connectivity index (χ4n) is 4.51. The van der Waals surface area contributed by atoms with Crippen molar-refractivity contribution in [1.82, 2.24) is 9.88 Å². The van der Waals surface area contributed by atoms with Gasteiger partial charge in [0.1, 0.15) is 11.4 Å². The maximum Gasteiger partial charge on any atom is 0.417 e. The minimum absolute atomic E-state index is 0.150. The summed E-state index contributed by atoms with van der Waals surface area (Å²) in [5.74, 6) is 0.150. The lowest BCUT2D eigenvalue weighted by atomic mass is 9.95. The van der Waals surface area contributed by atoms with Crippen molar-refractivity contribution < 1.29 is 27.8 Å². The normalized spacial score (nSPS) is 16.5. The van der Waals surface area contributed by atoms with Crippen molar-refractivity contribution in [2.75, 3.05) is 36.4 Å². The summed E-state index contributed by atoms with van der Waals surface area (Å²) >= 11 is 0. The molecule has 1 aromatic carbocycles. The summed E-state index contributed by atoms with van der Waals surface area (Å²) in [4.78, 5) is 19.7. The number of pyridine rings is 1. The maximum absolute atomic E-state index is 12.8. The van der Waals surface area contributed by atoms with Crippen molar-refractivity contribution in [3.05, 3.63) is 47.8 Å². The van der Waals surface area contributed by atoms with Gasteiger partial charge in [0.25, 0.3) is 0 Å². The van der Waals surface area contributed by atoms with Crippen molar-refractivity contribution in [2.24, 2.45) is 0 Å². The van der Waals surface area contributed by atoms with Gasteiger partial charge in [-0.1, -0.05) is 19.3 Å². The van der Waals surface area contributed by atoms with Crippen LogP contribution < -0.4 is 10.2 Å². The molecule has 0 unspecified atom stereocenters. The molecule has 8 nitrogen and oxygen atoms in total. The van der Waals surface area contributed by atoms with Crippen LogP contribution in [0.5, 0.6) is 5.75 Å². The number of ether oxygens (including phenoxy) is 1. The number of piperazine rings is 1. The predicted molar refractivity (Wildman–Crippen MR) is 143 cm³/mol. The van der Waals surface area contributed by atoms with Crippen LogP contribution >= 0.6 is 0 Å². The molecule has 39 heavy (non-hydrogen) atoms. The van der Waals surface area contributed by atoms with Gasteiger partial charge in [-0.15, -0.1) is 0 Å². The van der Waals surface area contributed by atoms with Crippen molar-refractivity contribution in [3.63, 3.8) is 0 Å². The van der Waals surface area contributed by atoms with Crippen molar-refractivity contribution in [2.45, 2.75) is 70.7 Å². The minimum Gasteiger partial charge on any atom is -0.506 e. The van der Waals surface area contributed by atoms with E-state index in [4.69, 9.17) is 10.00 Å². The fourth-order valence-corrected chi connectivity index (χ4v) is 4.51. The smallest absolute Gasteiger partial charge is 0.417 e. The van der Waals surface area contributed by atoms with E-state index in [0.29, 0.717) is 31.9 Å². The Morgan fingerprint density at radius 3 is 2.31 bits per heavy atom. The molecule has 1 saturated heterocycles. The van der Waals surface area contributed by atoms with Crippen LogP contribution in [0.4, 0.5) is 29.3 Å². The number of carbonyl (C=O) groups is 1. The molecule has 2 aliphatic rings. The molecule has 0 spiro atoms. The highest BCUT2D eigenvalue weighted by Crippen LogP contribution is 2.34. The molecule has 1 amide bonds. The molecule has 0 radical (unpaired) electrons. The quantitative estimate of drug-likeness (QED) is 0.474. The van der Waals surface area contributed by atoms with E-state index in [0.717, 1.165) is 37.4 Å². The molecule has 2 N–H and O–H groups in total. The topological polar surface area (TPSA) is 102 Å². The van der Waals surface area contributed by atoms with E-state index in [-0.39, 0.29) is 23.4 Å². The van der Waals surface area contributed by atoms with Gasteiger partial charge < -0.3 is 25.0 Å². The van der Waals surface area contributed by atoms with E-state index in [1.165, 1.54) is 18.7 Å². The van der Waals surface area contributed by atoms with Crippen LogP contribution in [0, 0.1) is 11.3 Å². The van der Waals surface area contributed by atoms with E-state index in [1.54, 1.807) is 29.3 Å². The summed E-state index contributed by atoms with van der Waals surface area (Å²) in [6, 6.07) is 7.31. The highest BCUT2D eigenvalue weighted by atomic mass is 19.4. The monoisotopic (exact) mass is 547 g/mol. The van der Waals surface area contributed by atoms with E-state index >= 15 is 0 Å². The zero-order chi connectivity index (χ0) is 28.6. The Labute approximate surface area is 227 Å². The number of nitrogens with one attached hydrogen (secondary N) is 1. The Kier molecular flexibility index (Phi) is 9.89. The van der Waals surface area contributed by atoms with Crippen LogP contribution in [0.15, 0.2) is 36.7 Å². The summed E-state index contributed by atoms with van der Waals surface area (Å²) in [5, 5.41) is 21.3. The molecule has 1 aliphatic heterocycles. The molecule has 1 aliphatic carbocycles. The van der Waals surface area contributed by atoms with Crippen molar-refractivity contribution in [1.29, 1.82) is 5.26 Å². The number of alkyl halides is 3. The second-order valence-electron chi connectivity index (χ2n) is 10.7. The first kappa shape index (κ1) is 29.9. The molecule has 11 heteroatoms. The van der Waals surface area contributed by atoms with Gasteiger partial charge in [0.2, 0.25) is 0 Å². The van der Waals surface area contributed by atoms with Gasteiger partial charge in [-0.2, -0.15) is 18.4 Å². The fraction of sp³-hybridized carbons (Fsp3) is 0.536. The van der Waals surface area contributed by atoms with E-state index in [2.05, 4.69) is 15.2 Å². The van der Waals surface area contributed by atoms with Crippen LogP contribution in [-0.4, -0.2) is 58.9 Å². The van der Waals surface area contributed by atoms with Gasteiger partial charge in [-0.05, 0) is 51.8 Å². The molecule has 0 bridgehead atoms. The predicted octanol–water partition coefficient (Wildman–Crippen LogP) is 6.17. The molecule has 1 saturated carbocycles. The van der Waals surface area contributed by atoms with Crippen LogP contribution in [0.3, 0.4) is 0 Å². The number of aromatic nitrogens is 1. The van der Waals surface area contributed by atoms with E-state index in [1.807, 2.05) is 20.8 Å². The summed E-state index contributed by atoms with van der Waals surface area (Å²) in [7, 11) is 0. The van der Waals surface area contributed by atoms with Gasteiger partial charge in [-0.25, -0.2) is 4.79 Å². The number of amides is 1. The standard InChI is InChI=1S/C14H15F3N2.C14H21N3O3/c15-14(16,17)13-8-12(7-6-10(13)9-18)19-11-4-2-1-3-5-11;1-14(2,3)20-13(19)17-6-4-16(5-7-17)11-8-12(18)10-15-9-11/h6-8,11,19H,1-5H2;8-10,18H,4-7H2,1-3H3. The Bertz CT molecular complexity index is 1150. The first-order chi connectivity index (χ1) is 18.4. The van der Waals surface area contributed by atoms with Crippen LogP contribution in [0.2, 0.25) is 0 Å². The first-order valence-electron chi connectivity index (χ1n) is 13.1. The molecular weight excluding hydrogens is 511 g/mol. The largest absolute Gasteiger partial charge is 0.506 e. The molecule has 2 fully saturated rings. The van der Waals surface area contributed by atoms with Gasteiger partial charge in [0, 0.05) is 44.0 Å². The van der Waals surface area contributed by atoms with Crippen LogP contribution in [-0.2, 0) is 10.9 Å². The SMILES string of the molecule is CC(C)(C)OC(=O)N1CCN(c2cncc(O)c2)CC1.N#Cc1ccc(NC2CCCCC2)cc1C(F)(F)F. The minimum atomic E-state index is -4.49. The summed E-state index contributed by atoms with van der Waals surface area (Å²) in [6.45, 7) is 8.18. The Morgan fingerprint density at radius 1 is 1.08 bits per heavy atom. The average Bonchev–Trinajstić information content (AvgIpc) is 2.88. The second kappa shape index (κ2) is 12.9. The highest BCUT2D eigenvalue weighted by molar-refractivity contribution is 5.68. The number of nitrogens with zero attached hydrogens (tertiary/aromatic N) is 4. The lowest BCUT2D eigenvalue weighted by Crippen LogP contribution is -2.50. The van der Waals surface area contributed by atoms with Crippen LogP contribution in [0.1, 0.15) is 64.0 Å². The zero-order valence-electron chi connectivity index (χ0n) is 22.6. The molecule has 2 aromatic rings. The van der Waals surface area contributed by atoms with Gasteiger partial charge in [0.15, 0.2) is 0 Å². The van der Waals surface area contributed by atoms with Gasteiger partial charge >= 0.3 is 12.3 Å². The number of aromatic hydroxyl groups is 1. The number of anilines is 2. The third-order valence-corrected chi connectivity index (χ3v) is 6.43. The third kappa shape index (κ3) is 9.23. The number of halogens is 3. The number of benzene rings is 1. The molecule has 1 aromatic heterocycles. The average molecular weight is 548 g/mol. The second-order valence-corrected chi connectivity index (χ2v) is 10.7. The number of hydrogen-bond donors (Lipinski definition) is 2. The summed E-state index contributed by atoms with van der Waals surface area (Å²) in [6.07, 6.45) is 3.74. The van der Waals surface area contributed by atoms with Crippen molar-refractivity contribution >= 4 is 17.5 Å². The number of carbonyl (C=O) groups excluding carboxylic acids is 1. The summed E-state index contributed by atoms with van der Waals surface area (Å²) < 4.78 is 43.8. The number of rotatable bonds is 3. The van der Waals surface area contributed by atoms with Crippen LogP contribution in [0.25, 0.3) is 0 Å². The number of hydrogen-bond acceptors (Lipinski definition) is 7. The lowest BCUT2D eigenvalue weighted by Gasteiger charge is -2.36. The zero-order valence-corrected chi connectivity index (χ0v) is 22.6. The molecule has 2 heterocycles. The molecule has 212 valence electrons. The van der Waals surface area contributed by atoms with Crippen molar-refractivity contribution in [3.8, 4) is 11.8 Å². The Hall–Kier alpha value is -3.68. The number of nitriles is 1. The molecule has 0 atom stereocenters.